The minimum atomic E-state index is -1.30. The van der Waals surface area contributed by atoms with Crippen molar-refractivity contribution in [2.24, 2.45) is 5.16 Å². The Balaban J connectivity index is 1.79. The predicted octanol–water partition coefficient (Wildman–Crippen LogP) is 0.239. The SMILES string of the molecule is CCC#CC=CC1=C(C(=O)O)N2C(=O)[C@@H](NC(=O)C(=NOCC(=O)O)c3csc(N)n3)[C@H]2SC1. The number of anilines is 1. The van der Waals surface area contributed by atoms with E-state index in [4.69, 9.17) is 10.8 Å². The highest BCUT2D eigenvalue weighted by atomic mass is 32.2. The van der Waals surface area contributed by atoms with Gasteiger partial charge in [-0.25, -0.2) is 14.6 Å². The number of nitrogens with two attached hydrogens (primary N) is 1. The van der Waals surface area contributed by atoms with Gasteiger partial charge in [-0.2, -0.15) is 0 Å². The molecule has 0 unspecified atom stereocenters. The Morgan fingerprint density at radius 3 is 2.82 bits per heavy atom. The lowest BCUT2D eigenvalue weighted by Gasteiger charge is -2.49. The first-order valence-corrected chi connectivity index (χ1v) is 11.7. The number of hydrogen-bond acceptors (Lipinski definition) is 10. The van der Waals surface area contributed by atoms with Crippen LogP contribution in [-0.4, -0.2) is 73.3 Å². The van der Waals surface area contributed by atoms with E-state index in [9.17, 15) is 24.3 Å². The molecule has 0 aromatic carbocycles. The van der Waals surface area contributed by atoms with Gasteiger partial charge in [-0.1, -0.05) is 23.9 Å². The molecule has 2 amide bonds. The summed E-state index contributed by atoms with van der Waals surface area (Å²) in [4.78, 5) is 57.9. The summed E-state index contributed by atoms with van der Waals surface area (Å²) in [6.07, 6.45) is 3.75. The molecular formula is C20H19N5O7S2. The maximum atomic E-state index is 12.9. The summed E-state index contributed by atoms with van der Waals surface area (Å²) in [6.45, 7) is 1.09. The topological polar surface area (TPSA) is 185 Å². The molecule has 2 atom stereocenters. The highest BCUT2D eigenvalue weighted by Gasteiger charge is 2.54. The number of carbonyl (C=O) groups excluding carboxylic acids is 2. The van der Waals surface area contributed by atoms with Crippen molar-refractivity contribution in [3.63, 3.8) is 0 Å². The monoisotopic (exact) mass is 505 g/mol. The maximum absolute atomic E-state index is 12.9. The first-order valence-electron chi connectivity index (χ1n) is 9.74. The Morgan fingerprint density at radius 1 is 1.44 bits per heavy atom. The summed E-state index contributed by atoms with van der Waals surface area (Å²) in [7, 11) is 0. The molecule has 1 saturated heterocycles. The van der Waals surface area contributed by atoms with Crippen molar-refractivity contribution in [1.29, 1.82) is 0 Å². The van der Waals surface area contributed by atoms with Gasteiger partial charge in [0.05, 0.1) is 0 Å². The number of carboxylic acid groups (broad SMARTS) is 2. The molecule has 2 aliphatic rings. The molecule has 0 aliphatic carbocycles. The van der Waals surface area contributed by atoms with Gasteiger partial charge in [0.15, 0.2) is 10.8 Å². The fraction of sp³-hybridized carbons (Fsp3) is 0.300. The van der Waals surface area contributed by atoms with Crippen LogP contribution in [-0.2, 0) is 24.0 Å². The van der Waals surface area contributed by atoms with Crippen LogP contribution in [0.2, 0.25) is 0 Å². The van der Waals surface area contributed by atoms with Crippen LogP contribution >= 0.6 is 23.1 Å². The van der Waals surface area contributed by atoms with E-state index in [1.807, 2.05) is 6.92 Å². The second kappa shape index (κ2) is 10.9. The van der Waals surface area contributed by atoms with Crippen molar-refractivity contribution in [2.75, 3.05) is 18.1 Å². The molecule has 0 bridgehead atoms. The molecule has 0 radical (unpaired) electrons. The van der Waals surface area contributed by atoms with Crippen LogP contribution in [0, 0.1) is 11.8 Å². The minimum absolute atomic E-state index is 0.0389. The van der Waals surface area contributed by atoms with E-state index >= 15 is 0 Å². The number of nitrogen functional groups attached to an aromatic ring is 1. The number of thioether (sulfide) groups is 1. The fourth-order valence-electron chi connectivity index (χ4n) is 3.04. The molecule has 3 rings (SSSR count). The highest BCUT2D eigenvalue weighted by molar-refractivity contribution is 8.00. The number of hydrogen-bond donors (Lipinski definition) is 4. The van der Waals surface area contributed by atoms with Crippen LogP contribution in [0.3, 0.4) is 0 Å². The number of carboxylic acids is 2. The van der Waals surface area contributed by atoms with E-state index in [-0.39, 0.29) is 28.0 Å². The number of carbonyl (C=O) groups is 4. The average molecular weight is 506 g/mol. The summed E-state index contributed by atoms with van der Waals surface area (Å²) < 4.78 is 0. The zero-order valence-corrected chi connectivity index (χ0v) is 19.3. The summed E-state index contributed by atoms with van der Waals surface area (Å²) in [5, 5.41) is 25.4. The van der Waals surface area contributed by atoms with Gasteiger partial charge < -0.3 is 26.1 Å². The third-order valence-corrected chi connectivity index (χ3v) is 6.43. The number of nitrogens with one attached hydrogen (secondary N) is 1. The van der Waals surface area contributed by atoms with Gasteiger partial charge in [-0.3, -0.25) is 14.5 Å². The molecule has 2 aliphatic heterocycles. The number of allylic oxidation sites excluding steroid dienone is 2. The standard InChI is InChI=1S/C20H19N5O7S2/c1-2-3-4-5-6-10-8-33-18-14(17(29)25(18)15(10)19(30)31)23-16(28)13(24-32-7-12(26)27)11-9-34-20(21)22-11/h5-6,9,14,18H,2,7-8H2,1H3,(H2,21,22)(H,23,28)(H,26,27)(H,30,31)/t14-,18-/m1/s1. The molecule has 14 heteroatoms. The van der Waals surface area contributed by atoms with Crippen LogP contribution in [0.5, 0.6) is 0 Å². The van der Waals surface area contributed by atoms with E-state index in [1.54, 1.807) is 6.08 Å². The van der Waals surface area contributed by atoms with Gasteiger partial charge >= 0.3 is 11.9 Å². The number of oxime groups is 1. The molecule has 0 spiro atoms. The molecule has 5 N–H and O–H groups in total. The second-order valence-electron chi connectivity index (χ2n) is 6.73. The van der Waals surface area contributed by atoms with Gasteiger partial charge in [-0.15, -0.1) is 23.1 Å². The lowest BCUT2D eigenvalue weighted by Crippen LogP contribution is -2.71. The Morgan fingerprint density at radius 2 is 2.21 bits per heavy atom. The quantitative estimate of drug-likeness (QED) is 0.165. The number of thiazole rings is 1. The second-order valence-corrected chi connectivity index (χ2v) is 8.72. The molecule has 12 nitrogen and oxygen atoms in total. The summed E-state index contributed by atoms with van der Waals surface area (Å²) in [5.74, 6) is 1.88. The van der Waals surface area contributed by atoms with E-state index in [1.165, 1.54) is 23.2 Å². The zero-order chi connectivity index (χ0) is 24.8. The van der Waals surface area contributed by atoms with Crippen molar-refractivity contribution >= 4 is 57.7 Å². The van der Waals surface area contributed by atoms with Crippen molar-refractivity contribution < 1.29 is 34.2 Å². The molecule has 1 fully saturated rings. The van der Waals surface area contributed by atoms with Crippen LogP contribution in [0.15, 0.2) is 34.0 Å². The van der Waals surface area contributed by atoms with E-state index < -0.39 is 41.8 Å². The number of fused-ring (bicyclic) bond motifs is 1. The molecule has 34 heavy (non-hydrogen) atoms. The summed E-state index contributed by atoms with van der Waals surface area (Å²) in [6, 6.07) is -1.03. The third-order valence-electron chi connectivity index (χ3n) is 4.46. The third kappa shape index (κ3) is 5.38. The molecular weight excluding hydrogens is 486 g/mol. The van der Waals surface area contributed by atoms with Gasteiger partial charge in [0, 0.05) is 17.6 Å². The van der Waals surface area contributed by atoms with Crippen molar-refractivity contribution in [3.8, 4) is 11.8 Å². The molecule has 178 valence electrons. The Bertz CT molecular complexity index is 1180. The first kappa shape index (κ1) is 24.8. The summed E-state index contributed by atoms with van der Waals surface area (Å²) in [5.41, 5.74) is 5.53. The Hall–Kier alpha value is -3.83. The smallest absolute Gasteiger partial charge is 0.352 e. The Labute approximate surface area is 201 Å². The number of β-lactam (4-membered cyclic amide) rings is 1. The van der Waals surface area contributed by atoms with Gasteiger partial charge in [0.1, 0.15) is 22.8 Å². The normalized spacial score (nSPS) is 19.7. The fourth-order valence-corrected chi connectivity index (χ4v) is 4.90. The first-order chi connectivity index (χ1) is 16.2. The number of amides is 2. The van der Waals surface area contributed by atoms with Crippen molar-refractivity contribution in [2.45, 2.75) is 24.8 Å². The molecule has 3 heterocycles. The predicted molar refractivity (Wildman–Crippen MR) is 124 cm³/mol. The van der Waals surface area contributed by atoms with E-state index in [2.05, 4.69) is 32.1 Å². The Kier molecular flexibility index (Phi) is 7.92. The zero-order valence-electron chi connectivity index (χ0n) is 17.7. The summed E-state index contributed by atoms with van der Waals surface area (Å²) >= 11 is 2.31. The maximum Gasteiger partial charge on any atom is 0.352 e. The number of nitrogens with zero attached hydrogens (tertiary/aromatic N) is 3. The minimum Gasteiger partial charge on any atom is -0.479 e. The van der Waals surface area contributed by atoms with Gasteiger partial charge in [-0.05, 0) is 17.7 Å². The lowest BCUT2D eigenvalue weighted by atomic mass is 10.0. The lowest BCUT2D eigenvalue weighted by molar-refractivity contribution is -0.150. The number of aliphatic carboxylic acids is 2. The van der Waals surface area contributed by atoms with Crippen LogP contribution in [0.1, 0.15) is 19.0 Å². The van der Waals surface area contributed by atoms with E-state index in [0.717, 1.165) is 16.2 Å². The molecule has 1 aromatic heterocycles. The highest BCUT2D eigenvalue weighted by Crippen LogP contribution is 2.40. The van der Waals surface area contributed by atoms with Crippen molar-refractivity contribution in [3.05, 3.63) is 34.5 Å². The molecule has 0 saturated carbocycles. The molecule has 1 aromatic rings. The van der Waals surface area contributed by atoms with Gasteiger partial charge in [0.2, 0.25) is 6.61 Å². The van der Waals surface area contributed by atoms with Crippen LogP contribution in [0.25, 0.3) is 0 Å². The van der Waals surface area contributed by atoms with Gasteiger partial charge in [0.25, 0.3) is 11.8 Å². The number of aromatic nitrogens is 1. The van der Waals surface area contributed by atoms with Crippen LogP contribution in [0.4, 0.5) is 5.13 Å². The largest absolute Gasteiger partial charge is 0.479 e. The number of rotatable bonds is 8. The average Bonchev–Trinajstić information content (AvgIpc) is 3.22. The van der Waals surface area contributed by atoms with E-state index in [0.29, 0.717) is 12.0 Å². The van der Waals surface area contributed by atoms with Crippen molar-refractivity contribution in [1.82, 2.24) is 15.2 Å². The van der Waals surface area contributed by atoms with Crippen LogP contribution < -0.4 is 11.1 Å².